The Hall–Kier alpha value is -1.31. The van der Waals surface area contributed by atoms with Crippen molar-refractivity contribution >= 4 is 5.97 Å². The van der Waals surface area contributed by atoms with E-state index in [4.69, 9.17) is 0 Å². The minimum absolute atomic E-state index is 0.179. The lowest BCUT2D eigenvalue weighted by Crippen LogP contribution is -2.21. The summed E-state index contributed by atoms with van der Waals surface area (Å²) < 4.78 is 0. The molecule has 0 amide bonds. The summed E-state index contributed by atoms with van der Waals surface area (Å²) in [5.41, 5.74) is 0. The molecular weight excluding hydrogens is 248 g/mol. The molecule has 0 aromatic carbocycles. The molecule has 0 heterocycles. The van der Waals surface area contributed by atoms with Crippen molar-refractivity contribution in [1.29, 1.82) is 0 Å². The van der Waals surface area contributed by atoms with Gasteiger partial charge in [-0.05, 0) is 51.4 Å². The Labute approximate surface area is 124 Å². The maximum Gasteiger partial charge on any atom is 0.0414 e. The van der Waals surface area contributed by atoms with E-state index in [0.717, 1.165) is 25.7 Å². The van der Waals surface area contributed by atoms with Gasteiger partial charge in [0.2, 0.25) is 0 Å². The summed E-state index contributed by atoms with van der Waals surface area (Å²) in [5, 5.41) is 10.2. The molecule has 0 bridgehead atoms. The standard InChI is InChI=1S/C18H30O2/c1-2-3-4-5-6-7-8-9-10-11-12-13-14-15-16-17-18(19)20/h6-7,9-10,12-13H,2-5,8,11,14-17H2,1H3,(H,19,20)/p-1/b7-6-,10-9-,13-12-. The third kappa shape index (κ3) is 16.7. The fourth-order valence-corrected chi connectivity index (χ4v) is 1.82. The summed E-state index contributed by atoms with van der Waals surface area (Å²) in [6.07, 6.45) is 23.0. The van der Waals surface area contributed by atoms with Crippen LogP contribution in [0.15, 0.2) is 36.5 Å². The molecule has 0 saturated carbocycles. The first-order chi connectivity index (χ1) is 9.77. The van der Waals surface area contributed by atoms with Crippen molar-refractivity contribution in [1.82, 2.24) is 0 Å². The molecule has 2 heteroatoms. The van der Waals surface area contributed by atoms with E-state index in [1.165, 1.54) is 25.7 Å². The van der Waals surface area contributed by atoms with E-state index in [9.17, 15) is 9.90 Å². The van der Waals surface area contributed by atoms with Crippen molar-refractivity contribution in [2.45, 2.75) is 71.1 Å². The largest absolute Gasteiger partial charge is 0.550 e. The molecule has 0 saturated heterocycles. The summed E-state index contributed by atoms with van der Waals surface area (Å²) in [5.74, 6) is -0.945. The second-order valence-electron chi connectivity index (χ2n) is 5.00. The van der Waals surface area contributed by atoms with Gasteiger partial charge in [0.25, 0.3) is 0 Å². The van der Waals surface area contributed by atoms with Crippen molar-refractivity contribution in [2.75, 3.05) is 0 Å². The molecule has 20 heavy (non-hydrogen) atoms. The highest BCUT2D eigenvalue weighted by Crippen LogP contribution is 2.02. The van der Waals surface area contributed by atoms with Crippen LogP contribution in [0.25, 0.3) is 0 Å². The molecular formula is C18H29O2-. The second kappa shape index (κ2) is 15.7. The average Bonchev–Trinajstić information content (AvgIpc) is 2.43. The number of aliphatic carboxylic acids is 1. The third-order valence-electron chi connectivity index (χ3n) is 3.02. The van der Waals surface area contributed by atoms with Crippen LogP contribution in [0.1, 0.15) is 71.1 Å². The zero-order chi connectivity index (χ0) is 14.9. The predicted molar refractivity (Wildman–Crippen MR) is 84.3 cm³/mol. The molecule has 0 fully saturated rings. The summed E-state index contributed by atoms with van der Waals surface area (Å²) in [6.45, 7) is 2.23. The second-order valence-corrected chi connectivity index (χ2v) is 5.00. The van der Waals surface area contributed by atoms with Gasteiger partial charge in [-0.3, -0.25) is 0 Å². The number of unbranched alkanes of at least 4 members (excludes halogenated alkanes) is 5. The maximum absolute atomic E-state index is 10.2. The van der Waals surface area contributed by atoms with Gasteiger partial charge < -0.3 is 9.90 Å². The van der Waals surface area contributed by atoms with Gasteiger partial charge in [0.1, 0.15) is 0 Å². The topological polar surface area (TPSA) is 40.1 Å². The summed E-state index contributed by atoms with van der Waals surface area (Å²) in [6, 6.07) is 0. The van der Waals surface area contributed by atoms with Gasteiger partial charge in [0.05, 0.1) is 0 Å². The summed E-state index contributed by atoms with van der Waals surface area (Å²) >= 11 is 0. The van der Waals surface area contributed by atoms with E-state index in [2.05, 4.69) is 43.4 Å². The van der Waals surface area contributed by atoms with Crippen LogP contribution in [-0.4, -0.2) is 5.97 Å². The van der Waals surface area contributed by atoms with Crippen molar-refractivity contribution in [2.24, 2.45) is 0 Å². The minimum atomic E-state index is -0.945. The molecule has 0 spiro atoms. The van der Waals surface area contributed by atoms with E-state index in [0.29, 0.717) is 6.42 Å². The molecule has 0 aliphatic carbocycles. The number of carboxylic acids is 1. The Bertz CT molecular complexity index is 301. The Balaban J connectivity index is 3.32. The minimum Gasteiger partial charge on any atom is -0.550 e. The molecule has 0 aliphatic rings. The first kappa shape index (κ1) is 18.7. The number of carbonyl (C=O) groups excluding carboxylic acids is 1. The number of rotatable bonds is 13. The third-order valence-corrected chi connectivity index (χ3v) is 3.02. The molecule has 114 valence electrons. The first-order valence-corrected chi connectivity index (χ1v) is 7.92. The zero-order valence-corrected chi connectivity index (χ0v) is 12.9. The Morgan fingerprint density at radius 2 is 1.30 bits per heavy atom. The van der Waals surface area contributed by atoms with Crippen molar-refractivity contribution in [3.8, 4) is 0 Å². The van der Waals surface area contributed by atoms with Crippen molar-refractivity contribution < 1.29 is 9.90 Å². The van der Waals surface area contributed by atoms with Gasteiger partial charge in [-0.2, -0.15) is 0 Å². The lowest BCUT2D eigenvalue weighted by atomic mass is 10.2. The number of allylic oxidation sites excluding steroid dienone is 6. The number of hydrogen-bond acceptors (Lipinski definition) is 2. The van der Waals surface area contributed by atoms with Crippen LogP contribution in [0, 0.1) is 0 Å². The first-order valence-electron chi connectivity index (χ1n) is 7.92. The molecule has 0 N–H and O–H groups in total. The Morgan fingerprint density at radius 1 is 0.800 bits per heavy atom. The summed E-state index contributed by atoms with van der Waals surface area (Å²) in [7, 11) is 0. The Morgan fingerprint density at radius 3 is 1.80 bits per heavy atom. The van der Waals surface area contributed by atoms with Crippen LogP contribution in [0.2, 0.25) is 0 Å². The average molecular weight is 277 g/mol. The van der Waals surface area contributed by atoms with Crippen LogP contribution >= 0.6 is 0 Å². The maximum atomic E-state index is 10.2. The smallest absolute Gasteiger partial charge is 0.0414 e. The quantitative estimate of drug-likeness (QED) is 0.371. The zero-order valence-electron chi connectivity index (χ0n) is 12.9. The predicted octanol–water partition coefficient (Wildman–Crippen LogP) is 4.33. The van der Waals surface area contributed by atoms with E-state index in [1.54, 1.807) is 0 Å². The molecule has 0 aromatic heterocycles. The number of hydrogen-bond donors (Lipinski definition) is 0. The molecule has 0 unspecified atom stereocenters. The van der Waals surface area contributed by atoms with Gasteiger partial charge in [0, 0.05) is 5.97 Å². The van der Waals surface area contributed by atoms with E-state index >= 15 is 0 Å². The molecule has 0 radical (unpaired) electrons. The number of carbonyl (C=O) groups is 1. The van der Waals surface area contributed by atoms with Crippen LogP contribution in [0.3, 0.4) is 0 Å². The molecule has 0 atom stereocenters. The fourth-order valence-electron chi connectivity index (χ4n) is 1.82. The van der Waals surface area contributed by atoms with Gasteiger partial charge in [0.15, 0.2) is 0 Å². The number of carboxylic acid groups (broad SMARTS) is 1. The molecule has 0 rings (SSSR count). The fraction of sp³-hybridized carbons (Fsp3) is 0.611. The monoisotopic (exact) mass is 277 g/mol. The molecule has 0 aromatic rings. The van der Waals surface area contributed by atoms with Crippen LogP contribution in [0.4, 0.5) is 0 Å². The van der Waals surface area contributed by atoms with Crippen LogP contribution < -0.4 is 5.11 Å². The highest BCUT2D eigenvalue weighted by atomic mass is 16.4. The highest BCUT2D eigenvalue weighted by Gasteiger charge is 1.86. The van der Waals surface area contributed by atoms with Crippen molar-refractivity contribution in [3.05, 3.63) is 36.5 Å². The highest BCUT2D eigenvalue weighted by molar-refractivity contribution is 5.64. The van der Waals surface area contributed by atoms with Gasteiger partial charge >= 0.3 is 0 Å². The van der Waals surface area contributed by atoms with Gasteiger partial charge in [-0.15, -0.1) is 0 Å². The Kier molecular flexibility index (Phi) is 14.7. The van der Waals surface area contributed by atoms with E-state index < -0.39 is 5.97 Å². The van der Waals surface area contributed by atoms with Gasteiger partial charge in [-0.25, -0.2) is 0 Å². The molecule has 0 aliphatic heterocycles. The van der Waals surface area contributed by atoms with Crippen molar-refractivity contribution in [3.63, 3.8) is 0 Å². The van der Waals surface area contributed by atoms with Gasteiger partial charge in [-0.1, -0.05) is 56.2 Å². The van der Waals surface area contributed by atoms with Crippen LogP contribution in [-0.2, 0) is 4.79 Å². The lowest BCUT2D eigenvalue weighted by molar-refractivity contribution is -0.305. The SMILES string of the molecule is CCCCC/C=C\C/C=C\C/C=C\CCCCC(=O)[O-]. The summed E-state index contributed by atoms with van der Waals surface area (Å²) in [4.78, 5) is 10.2. The van der Waals surface area contributed by atoms with E-state index in [-0.39, 0.29) is 6.42 Å². The normalized spacial score (nSPS) is 12.1. The lowest BCUT2D eigenvalue weighted by Gasteiger charge is -1.98. The molecule has 2 nitrogen and oxygen atoms in total. The van der Waals surface area contributed by atoms with Crippen LogP contribution in [0.5, 0.6) is 0 Å². The van der Waals surface area contributed by atoms with E-state index in [1.807, 2.05) is 0 Å².